The Morgan fingerprint density at radius 2 is 1.97 bits per heavy atom. The maximum atomic E-state index is 11.9. The number of ether oxygens (including phenoxy) is 1. The van der Waals surface area contributed by atoms with Crippen LogP contribution in [0.4, 0.5) is 0 Å². The SMILES string of the molecule is CCNC(=NCc1cccc(S(=O)(=O)NC)c1)NCCc1ccc(OC)cc1Cl. The van der Waals surface area contributed by atoms with E-state index in [1.807, 2.05) is 25.1 Å². The van der Waals surface area contributed by atoms with E-state index in [1.165, 1.54) is 7.05 Å². The first-order valence-electron chi connectivity index (χ1n) is 9.26. The number of rotatable bonds is 9. The first kappa shape index (κ1) is 23.0. The number of sulfonamides is 1. The minimum Gasteiger partial charge on any atom is -0.497 e. The minimum atomic E-state index is -3.47. The number of nitrogens with zero attached hydrogens (tertiary/aromatic N) is 1. The Bertz CT molecular complexity index is 948. The van der Waals surface area contributed by atoms with Crippen molar-refractivity contribution in [2.24, 2.45) is 4.99 Å². The zero-order valence-corrected chi connectivity index (χ0v) is 18.4. The molecule has 0 aliphatic heterocycles. The van der Waals surface area contributed by atoms with E-state index in [-0.39, 0.29) is 4.90 Å². The Labute approximate surface area is 177 Å². The molecule has 9 heteroatoms. The Morgan fingerprint density at radius 3 is 2.62 bits per heavy atom. The van der Waals surface area contributed by atoms with Gasteiger partial charge in [0.15, 0.2) is 5.96 Å². The zero-order chi connectivity index (χ0) is 21.3. The smallest absolute Gasteiger partial charge is 0.240 e. The van der Waals surface area contributed by atoms with E-state index >= 15 is 0 Å². The fourth-order valence-electron chi connectivity index (χ4n) is 2.61. The second-order valence-corrected chi connectivity index (χ2v) is 8.48. The number of methoxy groups -OCH3 is 1. The standard InChI is InChI=1S/C20H27ClN4O3S/c1-4-23-20(24-11-10-16-8-9-17(28-3)13-19(16)21)25-14-15-6-5-7-18(12-15)29(26,27)22-2/h5-9,12-13,22H,4,10-11,14H2,1-3H3,(H2,23,24,25). The zero-order valence-electron chi connectivity index (χ0n) is 16.8. The Balaban J connectivity index is 2.00. The van der Waals surface area contributed by atoms with Gasteiger partial charge >= 0.3 is 0 Å². The van der Waals surface area contributed by atoms with Crippen LogP contribution in [0.15, 0.2) is 52.4 Å². The predicted octanol–water partition coefficient (Wildman–Crippen LogP) is 2.55. The van der Waals surface area contributed by atoms with Crippen molar-refractivity contribution in [2.75, 3.05) is 27.2 Å². The molecule has 0 bridgehead atoms. The average molecular weight is 439 g/mol. The molecule has 0 aliphatic carbocycles. The van der Waals surface area contributed by atoms with E-state index in [0.29, 0.717) is 30.6 Å². The molecule has 2 aromatic rings. The maximum Gasteiger partial charge on any atom is 0.240 e. The summed E-state index contributed by atoms with van der Waals surface area (Å²) in [7, 11) is -0.476. The molecule has 3 N–H and O–H groups in total. The molecule has 0 aromatic heterocycles. The highest BCUT2D eigenvalue weighted by atomic mass is 35.5. The van der Waals surface area contributed by atoms with Crippen LogP contribution in [0.3, 0.4) is 0 Å². The summed E-state index contributed by atoms with van der Waals surface area (Å²) in [5, 5.41) is 7.12. The molecule has 0 atom stereocenters. The molecule has 158 valence electrons. The van der Waals surface area contributed by atoms with Crippen LogP contribution in [0.2, 0.25) is 5.02 Å². The van der Waals surface area contributed by atoms with Gasteiger partial charge in [-0.1, -0.05) is 29.8 Å². The molecule has 29 heavy (non-hydrogen) atoms. The van der Waals surface area contributed by atoms with E-state index in [4.69, 9.17) is 16.3 Å². The van der Waals surface area contributed by atoms with Crippen LogP contribution in [0.5, 0.6) is 5.75 Å². The van der Waals surface area contributed by atoms with Gasteiger partial charge in [0.1, 0.15) is 5.75 Å². The molecule has 0 aliphatic rings. The summed E-state index contributed by atoms with van der Waals surface area (Å²) in [6.45, 7) is 3.69. The number of halogens is 1. The lowest BCUT2D eigenvalue weighted by Gasteiger charge is -2.12. The molecule has 2 rings (SSSR count). The third-order valence-electron chi connectivity index (χ3n) is 4.19. The number of guanidine groups is 1. The van der Waals surface area contributed by atoms with Crippen LogP contribution in [-0.2, 0) is 23.0 Å². The lowest BCUT2D eigenvalue weighted by atomic mass is 10.1. The first-order chi connectivity index (χ1) is 13.9. The van der Waals surface area contributed by atoms with Crippen molar-refractivity contribution >= 4 is 27.6 Å². The van der Waals surface area contributed by atoms with Crippen LogP contribution in [0, 0.1) is 0 Å². The molecule has 2 aromatic carbocycles. The Morgan fingerprint density at radius 1 is 1.17 bits per heavy atom. The minimum absolute atomic E-state index is 0.222. The quantitative estimate of drug-likeness (QED) is 0.413. The van der Waals surface area contributed by atoms with Gasteiger partial charge in [-0.15, -0.1) is 0 Å². The van der Waals surface area contributed by atoms with Gasteiger partial charge in [0.2, 0.25) is 10.0 Å². The van der Waals surface area contributed by atoms with Crippen molar-refractivity contribution in [2.45, 2.75) is 24.8 Å². The highest BCUT2D eigenvalue weighted by molar-refractivity contribution is 7.89. The third-order valence-corrected chi connectivity index (χ3v) is 5.95. The third kappa shape index (κ3) is 6.92. The van der Waals surface area contributed by atoms with Crippen LogP contribution in [0.25, 0.3) is 0 Å². The average Bonchev–Trinajstić information content (AvgIpc) is 2.73. The second kappa shape index (κ2) is 11.0. The van der Waals surface area contributed by atoms with Crippen molar-refractivity contribution in [3.05, 3.63) is 58.6 Å². The summed E-state index contributed by atoms with van der Waals surface area (Å²) in [6, 6.07) is 12.4. The first-order valence-corrected chi connectivity index (χ1v) is 11.1. The summed E-state index contributed by atoms with van der Waals surface area (Å²) in [5.74, 6) is 1.38. The topological polar surface area (TPSA) is 91.8 Å². The normalized spacial score (nSPS) is 11.9. The second-order valence-electron chi connectivity index (χ2n) is 6.18. The molecule has 0 radical (unpaired) electrons. The van der Waals surface area contributed by atoms with E-state index in [0.717, 1.165) is 23.3 Å². The van der Waals surface area contributed by atoms with Crippen LogP contribution < -0.4 is 20.1 Å². The lowest BCUT2D eigenvalue weighted by molar-refractivity contribution is 0.414. The van der Waals surface area contributed by atoms with Gasteiger partial charge in [0, 0.05) is 18.1 Å². The molecule has 7 nitrogen and oxygen atoms in total. The predicted molar refractivity (Wildman–Crippen MR) is 117 cm³/mol. The molecule has 0 fully saturated rings. The van der Waals surface area contributed by atoms with Gasteiger partial charge in [-0.3, -0.25) is 0 Å². The lowest BCUT2D eigenvalue weighted by Crippen LogP contribution is -2.38. The summed E-state index contributed by atoms with van der Waals surface area (Å²) < 4.78 is 31.4. The molecule has 0 amide bonds. The Kier molecular flexibility index (Phi) is 8.75. The van der Waals surface area contributed by atoms with Crippen LogP contribution >= 0.6 is 11.6 Å². The van der Waals surface area contributed by atoms with Gasteiger partial charge in [-0.2, -0.15) is 0 Å². The van der Waals surface area contributed by atoms with Crippen molar-refractivity contribution in [3.8, 4) is 5.75 Å². The molecule has 0 saturated heterocycles. The fourth-order valence-corrected chi connectivity index (χ4v) is 3.68. The molecule has 0 spiro atoms. The van der Waals surface area contributed by atoms with Crippen LogP contribution in [-0.4, -0.2) is 41.6 Å². The highest BCUT2D eigenvalue weighted by Gasteiger charge is 2.11. The van der Waals surface area contributed by atoms with Gasteiger partial charge in [0.05, 0.1) is 18.6 Å². The molecule has 0 heterocycles. The summed E-state index contributed by atoms with van der Waals surface area (Å²) in [5.41, 5.74) is 1.82. The molecular weight excluding hydrogens is 412 g/mol. The number of nitrogens with one attached hydrogen (secondary N) is 3. The number of hydrogen-bond acceptors (Lipinski definition) is 4. The molecule has 0 unspecified atom stereocenters. The van der Waals surface area contributed by atoms with Gasteiger partial charge in [-0.25, -0.2) is 18.1 Å². The number of hydrogen-bond donors (Lipinski definition) is 3. The van der Waals surface area contributed by atoms with Crippen molar-refractivity contribution in [1.82, 2.24) is 15.4 Å². The maximum absolute atomic E-state index is 11.9. The largest absolute Gasteiger partial charge is 0.497 e. The van der Waals surface area contributed by atoms with E-state index in [1.54, 1.807) is 31.4 Å². The highest BCUT2D eigenvalue weighted by Crippen LogP contribution is 2.22. The monoisotopic (exact) mass is 438 g/mol. The molecular formula is C20H27ClN4O3S. The summed E-state index contributed by atoms with van der Waals surface area (Å²) >= 11 is 6.28. The summed E-state index contributed by atoms with van der Waals surface area (Å²) in [6.07, 6.45) is 0.725. The van der Waals surface area contributed by atoms with Gasteiger partial charge in [-0.05, 0) is 55.8 Å². The number of aliphatic imine (C=N–C) groups is 1. The van der Waals surface area contributed by atoms with E-state index < -0.39 is 10.0 Å². The van der Waals surface area contributed by atoms with Gasteiger partial charge < -0.3 is 15.4 Å². The van der Waals surface area contributed by atoms with E-state index in [2.05, 4.69) is 20.3 Å². The summed E-state index contributed by atoms with van der Waals surface area (Å²) in [4.78, 5) is 4.76. The fraction of sp³-hybridized carbons (Fsp3) is 0.350. The van der Waals surface area contributed by atoms with Gasteiger partial charge in [0.25, 0.3) is 0 Å². The Hall–Kier alpha value is -2.29. The molecule has 0 saturated carbocycles. The number of benzene rings is 2. The van der Waals surface area contributed by atoms with Crippen molar-refractivity contribution < 1.29 is 13.2 Å². The van der Waals surface area contributed by atoms with E-state index in [9.17, 15) is 8.42 Å². The van der Waals surface area contributed by atoms with Crippen molar-refractivity contribution in [3.63, 3.8) is 0 Å². The van der Waals surface area contributed by atoms with Crippen LogP contribution in [0.1, 0.15) is 18.1 Å². The van der Waals surface area contributed by atoms with Crippen molar-refractivity contribution in [1.29, 1.82) is 0 Å².